The van der Waals surface area contributed by atoms with E-state index < -0.39 is 0 Å². The molecule has 2 bridgehead atoms. The van der Waals surface area contributed by atoms with E-state index in [1.807, 2.05) is 25.7 Å². The molecular formula is C20H35N3O2. The molecule has 2 amide bonds. The Bertz CT molecular complexity index is 500. The lowest BCUT2D eigenvalue weighted by atomic mass is 9.86. The van der Waals surface area contributed by atoms with E-state index in [1.165, 1.54) is 25.7 Å². The van der Waals surface area contributed by atoms with Crippen molar-refractivity contribution < 1.29 is 9.59 Å². The molecule has 2 saturated carbocycles. The number of nitrogens with zero attached hydrogens (tertiary/aromatic N) is 2. The molecule has 3 fully saturated rings. The molecule has 3 rings (SSSR count). The molecule has 142 valence electrons. The third kappa shape index (κ3) is 5.19. The van der Waals surface area contributed by atoms with Crippen LogP contribution in [0.5, 0.6) is 0 Å². The van der Waals surface area contributed by atoms with Gasteiger partial charge in [-0.05, 0) is 64.2 Å². The van der Waals surface area contributed by atoms with Crippen molar-refractivity contribution in [3.05, 3.63) is 0 Å². The van der Waals surface area contributed by atoms with Crippen LogP contribution in [0.2, 0.25) is 0 Å². The van der Waals surface area contributed by atoms with E-state index in [1.54, 1.807) is 0 Å². The Morgan fingerprint density at radius 1 is 1.04 bits per heavy atom. The van der Waals surface area contributed by atoms with Gasteiger partial charge in [-0.3, -0.25) is 14.5 Å². The lowest BCUT2D eigenvalue weighted by Crippen LogP contribution is -2.46. The molecule has 0 radical (unpaired) electrons. The van der Waals surface area contributed by atoms with E-state index in [-0.39, 0.29) is 11.4 Å². The summed E-state index contributed by atoms with van der Waals surface area (Å²) in [6, 6.07) is 0. The smallest absolute Gasteiger partial charge is 0.234 e. The number of nitrogens with one attached hydrogen (secondary N) is 1. The van der Waals surface area contributed by atoms with Gasteiger partial charge in [0.1, 0.15) is 0 Å². The Labute approximate surface area is 152 Å². The normalized spacial score (nSPS) is 30.4. The molecule has 0 aromatic carbocycles. The van der Waals surface area contributed by atoms with Crippen molar-refractivity contribution >= 4 is 11.8 Å². The van der Waals surface area contributed by atoms with Crippen molar-refractivity contribution in [1.82, 2.24) is 15.1 Å². The second kappa shape index (κ2) is 7.65. The molecule has 1 aliphatic heterocycles. The molecule has 2 aliphatic carbocycles. The van der Waals surface area contributed by atoms with Gasteiger partial charge in [0.2, 0.25) is 11.8 Å². The van der Waals surface area contributed by atoms with Crippen LogP contribution in [0, 0.1) is 17.8 Å². The van der Waals surface area contributed by atoms with Gasteiger partial charge < -0.3 is 10.2 Å². The van der Waals surface area contributed by atoms with E-state index in [0.717, 1.165) is 50.9 Å². The Kier molecular flexibility index (Phi) is 5.71. The summed E-state index contributed by atoms with van der Waals surface area (Å²) in [6.45, 7) is 9.76. The van der Waals surface area contributed by atoms with Crippen molar-refractivity contribution in [2.24, 2.45) is 17.8 Å². The number of hydrogen-bond donors (Lipinski definition) is 1. The fourth-order valence-corrected chi connectivity index (χ4v) is 5.02. The average Bonchev–Trinajstić information content (AvgIpc) is 3.03. The highest BCUT2D eigenvalue weighted by atomic mass is 16.2. The fourth-order valence-electron chi connectivity index (χ4n) is 5.02. The lowest BCUT2D eigenvalue weighted by Gasteiger charge is -2.26. The van der Waals surface area contributed by atoms with Gasteiger partial charge in [0, 0.05) is 38.1 Å². The quantitative estimate of drug-likeness (QED) is 0.847. The number of hydrogen-bond acceptors (Lipinski definition) is 3. The first kappa shape index (κ1) is 18.7. The van der Waals surface area contributed by atoms with E-state index in [9.17, 15) is 9.59 Å². The summed E-state index contributed by atoms with van der Waals surface area (Å²) < 4.78 is 0. The Morgan fingerprint density at radius 2 is 1.84 bits per heavy atom. The highest BCUT2D eigenvalue weighted by molar-refractivity contribution is 5.79. The zero-order valence-electron chi connectivity index (χ0n) is 16.2. The SMILES string of the molecule is CC(C)(C)NC(=O)CN1CCCN(C(=O)CC2CC3CCC2C3)CC1. The number of rotatable bonds is 4. The maximum absolute atomic E-state index is 12.7. The molecule has 1 saturated heterocycles. The molecule has 5 heteroatoms. The minimum Gasteiger partial charge on any atom is -0.350 e. The molecule has 25 heavy (non-hydrogen) atoms. The fraction of sp³-hybridized carbons (Fsp3) is 0.900. The van der Waals surface area contributed by atoms with Gasteiger partial charge in [-0.1, -0.05) is 6.42 Å². The van der Waals surface area contributed by atoms with Gasteiger partial charge in [0.05, 0.1) is 6.54 Å². The van der Waals surface area contributed by atoms with Crippen molar-refractivity contribution in [3.63, 3.8) is 0 Å². The predicted octanol–water partition coefficient (Wildman–Crippen LogP) is 2.26. The Morgan fingerprint density at radius 3 is 2.48 bits per heavy atom. The zero-order chi connectivity index (χ0) is 18.0. The zero-order valence-corrected chi connectivity index (χ0v) is 16.2. The van der Waals surface area contributed by atoms with Gasteiger partial charge in [-0.25, -0.2) is 0 Å². The van der Waals surface area contributed by atoms with Gasteiger partial charge >= 0.3 is 0 Å². The molecule has 0 aromatic rings. The monoisotopic (exact) mass is 349 g/mol. The Hall–Kier alpha value is -1.10. The van der Waals surface area contributed by atoms with Gasteiger partial charge in [0.25, 0.3) is 0 Å². The molecule has 5 nitrogen and oxygen atoms in total. The van der Waals surface area contributed by atoms with Crippen molar-refractivity contribution in [2.75, 3.05) is 32.7 Å². The Balaban J connectivity index is 1.43. The summed E-state index contributed by atoms with van der Waals surface area (Å²) in [5.41, 5.74) is -0.189. The summed E-state index contributed by atoms with van der Waals surface area (Å²) >= 11 is 0. The first-order valence-corrected chi connectivity index (χ1v) is 10.1. The van der Waals surface area contributed by atoms with Crippen LogP contribution in [-0.2, 0) is 9.59 Å². The largest absolute Gasteiger partial charge is 0.350 e. The number of carbonyl (C=O) groups is 2. The van der Waals surface area contributed by atoms with Crippen LogP contribution in [0.15, 0.2) is 0 Å². The van der Waals surface area contributed by atoms with Crippen molar-refractivity contribution in [3.8, 4) is 0 Å². The second-order valence-electron chi connectivity index (χ2n) is 9.45. The number of carbonyl (C=O) groups excluding carboxylic acids is 2. The average molecular weight is 350 g/mol. The molecule has 1 N–H and O–H groups in total. The summed E-state index contributed by atoms with van der Waals surface area (Å²) in [4.78, 5) is 29.1. The van der Waals surface area contributed by atoms with Gasteiger partial charge in [0.15, 0.2) is 0 Å². The minimum absolute atomic E-state index is 0.0780. The van der Waals surface area contributed by atoms with Gasteiger partial charge in [-0.15, -0.1) is 0 Å². The summed E-state index contributed by atoms with van der Waals surface area (Å²) in [5, 5.41) is 3.02. The maximum atomic E-state index is 12.7. The summed E-state index contributed by atoms with van der Waals surface area (Å²) in [5.74, 6) is 2.79. The van der Waals surface area contributed by atoms with Crippen LogP contribution in [-0.4, -0.2) is 59.9 Å². The van der Waals surface area contributed by atoms with E-state index >= 15 is 0 Å². The second-order valence-corrected chi connectivity index (χ2v) is 9.45. The maximum Gasteiger partial charge on any atom is 0.234 e. The predicted molar refractivity (Wildman–Crippen MR) is 99.1 cm³/mol. The van der Waals surface area contributed by atoms with Crippen LogP contribution < -0.4 is 5.32 Å². The molecule has 1 heterocycles. The third-order valence-corrected chi connectivity index (χ3v) is 6.14. The van der Waals surface area contributed by atoms with Crippen LogP contribution in [0.4, 0.5) is 0 Å². The molecule has 3 unspecified atom stereocenters. The molecular weight excluding hydrogens is 314 g/mol. The molecule has 3 atom stereocenters. The molecule has 0 aromatic heterocycles. The van der Waals surface area contributed by atoms with E-state index in [0.29, 0.717) is 18.4 Å². The topological polar surface area (TPSA) is 52.7 Å². The van der Waals surface area contributed by atoms with Crippen molar-refractivity contribution in [1.29, 1.82) is 0 Å². The van der Waals surface area contributed by atoms with Crippen LogP contribution >= 0.6 is 0 Å². The summed E-state index contributed by atoms with van der Waals surface area (Å²) in [6.07, 6.45) is 7.11. The first-order chi connectivity index (χ1) is 11.8. The van der Waals surface area contributed by atoms with Crippen LogP contribution in [0.1, 0.15) is 59.3 Å². The number of amides is 2. The molecule has 3 aliphatic rings. The lowest BCUT2D eigenvalue weighted by molar-refractivity contribution is -0.132. The molecule has 0 spiro atoms. The number of fused-ring (bicyclic) bond motifs is 2. The van der Waals surface area contributed by atoms with Crippen LogP contribution in [0.3, 0.4) is 0 Å². The van der Waals surface area contributed by atoms with Crippen LogP contribution in [0.25, 0.3) is 0 Å². The third-order valence-electron chi connectivity index (χ3n) is 6.14. The van der Waals surface area contributed by atoms with Gasteiger partial charge in [-0.2, -0.15) is 0 Å². The summed E-state index contributed by atoms with van der Waals surface area (Å²) in [7, 11) is 0. The highest BCUT2D eigenvalue weighted by Gasteiger charge is 2.40. The van der Waals surface area contributed by atoms with Crippen molar-refractivity contribution in [2.45, 2.75) is 64.8 Å². The standard InChI is InChI=1S/C20H35N3O2/c1-20(2,3)21-18(24)14-22-7-4-8-23(10-9-22)19(25)13-17-12-15-5-6-16(17)11-15/h15-17H,4-14H2,1-3H3,(H,21,24). The first-order valence-electron chi connectivity index (χ1n) is 10.1. The van der Waals surface area contributed by atoms with E-state index in [2.05, 4.69) is 10.2 Å². The highest BCUT2D eigenvalue weighted by Crippen LogP contribution is 2.49. The minimum atomic E-state index is -0.189. The van der Waals surface area contributed by atoms with E-state index in [4.69, 9.17) is 0 Å².